The van der Waals surface area contributed by atoms with Crippen molar-refractivity contribution in [1.29, 1.82) is 0 Å². The molecule has 2 atom stereocenters. The molecule has 0 spiro atoms. The van der Waals surface area contributed by atoms with Gasteiger partial charge < -0.3 is 65.0 Å². The van der Waals surface area contributed by atoms with E-state index in [0.717, 1.165) is 48.5 Å². The number of hydrogen-bond acceptors (Lipinski definition) is 42. The van der Waals surface area contributed by atoms with Crippen LogP contribution < -0.4 is 75.7 Å². The Morgan fingerprint density at radius 1 is 0.331 bits per heavy atom. The van der Waals surface area contributed by atoms with Gasteiger partial charge in [0, 0.05) is 106 Å². The number of azo groups is 4. The summed E-state index contributed by atoms with van der Waals surface area (Å²) in [6.07, 6.45) is -0.711. The Kier molecular flexibility index (Phi) is 27.5. The lowest BCUT2D eigenvalue weighted by Crippen LogP contribution is -2.45. The normalized spacial score (nSPS) is 13.1. The summed E-state index contributed by atoms with van der Waals surface area (Å²) < 4.78 is 215. The minimum Gasteiger partial charge on any atom is -0.505 e. The molecule has 678 valence electrons. The van der Waals surface area contributed by atoms with E-state index in [0.29, 0.717) is 37.6 Å². The molecule has 130 heavy (non-hydrogen) atoms. The Morgan fingerprint density at radius 2 is 0.646 bits per heavy atom. The molecular formula is C76H78N28O20S6. The van der Waals surface area contributed by atoms with E-state index in [1.54, 1.807) is 62.0 Å². The topological polar surface area (TPSA) is 750 Å². The summed E-state index contributed by atoms with van der Waals surface area (Å²) in [7, 11) is -30.2. The van der Waals surface area contributed by atoms with Crippen LogP contribution in [0.15, 0.2) is 240 Å². The molecule has 2 aromatic heterocycles. The van der Waals surface area contributed by atoms with Gasteiger partial charge in [0.15, 0.2) is 11.5 Å². The summed E-state index contributed by atoms with van der Waals surface area (Å²) in [6.45, 7) is 9.08. The lowest BCUT2D eigenvalue weighted by molar-refractivity contribution is 0.472. The Bertz CT molecular complexity index is 7080. The van der Waals surface area contributed by atoms with Crippen molar-refractivity contribution in [3.63, 3.8) is 0 Å². The van der Waals surface area contributed by atoms with Crippen LogP contribution in [0.2, 0.25) is 0 Å². The van der Waals surface area contributed by atoms with Crippen LogP contribution in [-0.4, -0.2) is 170 Å². The summed E-state index contributed by atoms with van der Waals surface area (Å²) in [6, 6.07) is 34.9. The van der Waals surface area contributed by atoms with E-state index in [-0.39, 0.29) is 150 Å². The molecule has 24 N–H and O–H groups in total. The second kappa shape index (κ2) is 38.2. The number of fused-ring (bicyclic) bond motifs is 4. The number of phenolic OH excluding ortho intramolecular Hbond substituents is 2. The summed E-state index contributed by atoms with van der Waals surface area (Å²) in [5, 5.41) is 77.6. The lowest BCUT2D eigenvalue weighted by Gasteiger charge is -2.23. The number of aromatic nitrogens is 6. The van der Waals surface area contributed by atoms with Crippen LogP contribution in [0.5, 0.6) is 11.5 Å². The fraction of sp³-hybridized carbons (Fsp3) is 0.158. The molecule has 48 nitrogen and oxygen atoms in total. The predicted molar refractivity (Wildman–Crippen MR) is 481 cm³/mol. The van der Waals surface area contributed by atoms with Gasteiger partial charge in [0.2, 0.25) is 35.7 Å². The number of rotatable bonds is 36. The van der Waals surface area contributed by atoms with E-state index < -0.39 is 124 Å². The standard InChI is InChI=1S/C76H78N28O20S6/c1-5-103(83-29-27-81-39(3)77)75-91-71(89-73(93-75)87-47-15-25-63(127(113,114)115)61(35-47)99-95-57-21-23-59(55-37-49(125(107,108)109)17-19-51(55)57)97-101-67-65(129(119,120)121)31-41-7-9-43(79)33-53(41)69(67)105)85-45-11-13-46(14-12-45)86-72-90-74(94-76(92-72)104(6-2)84-30-28-82-40(4)78)88-48-16-26-64(128(116,117)118)62(36-48)100-96-58-22-24-60(56-38-50(126(110,111)112)18-20-52(56)58)98-102-68-66(130(122,123)124)32-42-8-10-44(80)34-54(42)70(68)106/h7-26,31-40,81-84,105-106H,5-6,27-30,77-80H2,1-4H3,(H,107,108,109)(H,110,111,112)(H,113,114,115)(H,116,117,118)(H,119,120,121)(H,122,123,124)(H2,85,87,89,91,93)(H2,86,88,90,92,94). The smallest absolute Gasteiger partial charge is 0.296 e. The average molecular weight is 1900 g/mol. The van der Waals surface area contributed by atoms with Gasteiger partial charge in [-0.1, -0.05) is 24.3 Å². The molecule has 2 heterocycles. The first kappa shape index (κ1) is 93.7. The van der Waals surface area contributed by atoms with Crippen LogP contribution in [0.4, 0.5) is 115 Å². The maximum absolute atomic E-state index is 13.0. The molecule has 13 aromatic rings. The van der Waals surface area contributed by atoms with Gasteiger partial charge in [0.1, 0.15) is 42.3 Å². The molecule has 0 fully saturated rings. The molecule has 54 heteroatoms. The number of anilines is 12. The highest BCUT2D eigenvalue weighted by Crippen LogP contribution is 2.47. The van der Waals surface area contributed by atoms with Crippen molar-refractivity contribution >= 4 is 219 Å². The van der Waals surface area contributed by atoms with Crippen molar-refractivity contribution < 1.29 is 88.0 Å². The number of benzene rings is 11. The number of nitrogens with two attached hydrogens (primary N) is 4. The van der Waals surface area contributed by atoms with Crippen molar-refractivity contribution in [2.45, 2.75) is 69.4 Å². The van der Waals surface area contributed by atoms with E-state index in [1.165, 1.54) is 97.1 Å². The Morgan fingerprint density at radius 3 is 0.969 bits per heavy atom. The molecule has 0 saturated heterocycles. The Hall–Kier alpha value is -13.9. The van der Waals surface area contributed by atoms with Gasteiger partial charge in [0.25, 0.3) is 60.7 Å². The third-order valence-corrected chi connectivity index (χ3v) is 24.0. The van der Waals surface area contributed by atoms with Gasteiger partial charge in [-0.05, 0) is 184 Å². The zero-order valence-corrected chi connectivity index (χ0v) is 72.9. The van der Waals surface area contributed by atoms with Gasteiger partial charge in [-0.25, -0.2) is 10.9 Å². The largest absolute Gasteiger partial charge is 0.505 e. The number of nitrogen functional groups attached to an aromatic ring is 2. The molecule has 11 aromatic carbocycles. The molecule has 2 unspecified atom stereocenters. The minimum atomic E-state index is -5.10. The number of hydrazine groups is 2. The quantitative estimate of drug-likeness (QED) is 0.00433. The van der Waals surface area contributed by atoms with Gasteiger partial charge >= 0.3 is 0 Å². The molecule has 13 rings (SSSR count). The van der Waals surface area contributed by atoms with Crippen LogP contribution in [0, 0.1) is 0 Å². The fourth-order valence-electron chi connectivity index (χ4n) is 12.7. The second-order valence-electron chi connectivity index (χ2n) is 28.2. The maximum atomic E-state index is 13.0. The molecule has 0 radical (unpaired) electrons. The highest BCUT2D eigenvalue weighted by molar-refractivity contribution is 7.87. The van der Waals surface area contributed by atoms with E-state index in [2.05, 4.69) is 104 Å². The zero-order valence-electron chi connectivity index (χ0n) is 68.0. The molecular weight excluding hydrogens is 1820 g/mol. The molecule has 0 aliphatic rings. The predicted octanol–water partition coefficient (Wildman–Crippen LogP) is 11.8. The van der Waals surface area contributed by atoms with Crippen molar-refractivity contribution in [2.24, 2.45) is 52.4 Å². The van der Waals surface area contributed by atoms with Gasteiger partial charge in [-0.2, -0.15) is 80.4 Å². The fourth-order valence-corrected chi connectivity index (χ4v) is 16.3. The van der Waals surface area contributed by atoms with Crippen LogP contribution in [-0.2, 0) is 60.7 Å². The van der Waals surface area contributed by atoms with Gasteiger partial charge in [-0.3, -0.25) is 37.3 Å². The third kappa shape index (κ3) is 22.6. The Balaban J connectivity index is 0.797. The first-order valence-electron chi connectivity index (χ1n) is 38.1. The van der Waals surface area contributed by atoms with Crippen LogP contribution in [0.1, 0.15) is 27.7 Å². The number of nitrogens with zero attached hydrogens (tertiary/aromatic N) is 16. The molecule has 0 aliphatic heterocycles. The number of aromatic hydroxyl groups is 2. The zero-order chi connectivity index (χ0) is 93.7. The third-order valence-electron chi connectivity index (χ3n) is 18.8. The van der Waals surface area contributed by atoms with Gasteiger partial charge in [-0.15, -0.1) is 40.9 Å². The lowest BCUT2D eigenvalue weighted by atomic mass is 10.1. The van der Waals surface area contributed by atoms with E-state index in [1.807, 2.05) is 0 Å². The number of hydrogen-bond donors (Lipinski definition) is 20. The van der Waals surface area contributed by atoms with Crippen LogP contribution in [0.3, 0.4) is 0 Å². The van der Waals surface area contributed by atoms with Crippen LogP contribution >= 0.6 is 0 Å². The number of phenols is 2. The minimum absolute atomic E-state index is 0.0205. The van der Waals surface area contributed by atoms with E-state index >= 15 is 0 Å². The summed E-state index contributed by atoms with van der Waals surface area (Å²) >= 11 is 0. The maximum Gasteiger partial charge on any atom is 0.296 e. The van der Waals surface area contributed by atoms with E-state index in [4.69, 9.17) is 32.9 Å². The van der Waals surface area contributed by atoms with Crippen molar-refractivity contribution in [3.8, 4) is 11.5 Å². The molecule has 0 amide bonds. The molecule has 0 aliphatic carbocycles. The SMILES string of the molecule is CCN(NCCNC(C)N)c1nc(Nc2ccc(Nc3nc(Nc4ccc(S(=O)(=O)O)c(N=Nc5ccc(N=Nc6c(S(=O)(=O)O)cc7ccc(N)cc7c6O)c6cc(S(=O)(=O)O)ccc56)c4)nc(N(CC)NCCNC(C)N)n3)cc2)nc(Nc2ccc(S(=O)(=O)O)c(N=Nc3ccc(N=Nc4c(S(=O)(=O)O)cc5ccc(N)cc5c4O)c4cc(S(=O)(=O)O)ccc34)c2)n1. The number of nitrogens with one attached hydrogen (secondary N) is 8. The average Bonchev–Trinajstić information content (AvgIpc) is 0.763. The molecule has 0 saturated carbocycles. The summed E-state index contributed by atoms with van der Waals surface area (Å²) in [5.41, 5.74) is 28.3. The first-order chi connectivity index (χ1) is 61.3. The highest BCUT2D eigenvalue weighted by Gasteiger charge is 2.28. The highest BCUT2D eigenvalue weighted by atomic mass is 32.2. The summed E-state index contributed by atoms with van der Waals surface area (Å²) in [5.74, 6) is -1.85. The van der Waals surface area contributed by atoms with Gasteiger partial charge in [0.05, 0.1) is 44.9 Å². The Labute approximate surface area is 739 Å². The monoisotopic (exact) mass is 1890 g/mol. The van der Waals surface area contributed by atoms with Crippen molar-refractivity contribution in [1.82, 2.24) is 51.4 Å². The first-order valence-corrected chi connectivity index (χ1v) is 46.7. The second-order valence-corrected chi connectivity index (χ2v) is 36.6. The van der Waals surface area contributed by atoms with E-state index in [9.17, 15) is 88.0 Å². The molecule has 0 bridgehead atoms. The van der Waals surface area contributed by atoms with Crippen molar-refractivity contribution in [2.75, 3.05) is 82.0 Å². The van der Waals surface area contributed by atoms with Crippen LogP contribution in [0.25, 0.3) is 43.1 Å². The van der Waals surface area contributed by atoms with Crippen molar-refractivity contribution in [3.05, 3.63) is 170 Å². The summed E-state index contributed by atoms with van der Waals surface area (Å²) in [4.78, 5) is 23.5.